The summed E-state index contributed by atoms with van der Waals surface area (Å²) in [4.78, 5) is 24.2. The van der Waals surface area contributed by atoms with Crippen molar-refractivity contribution in [3.63, 3.8) is 0 Å². The average molecular weight is 314 g/mol. The van der Waals surface area contributed by atoms with Crippen LogP contribution in [-0.4, -0.2) is 69.0 Å². The van der Waals surface area contributed by atoms with Crippen molar-refractivity contribution in [2.24, 2.45) is 15.9 Å². The number of aliphatic carboxylic acids is 2. The monoisotopic (exact) mass is 314 g/mol. The van der Waals surface area contributed by atoms with E-state index in [1.807, 2.05) is 0 Å². The summed E-state index contributed by atoms with van der Waals surface area (Å²) in [7, 11) is 0. The molecule has 12 heteroatoms. The van der Waals surface area contributed by atoms with Gasteiger partial charge in [-0.25, -0.2) is 4.68 Å². The molecule has 1 rings (SSSR count). The largest absolute Gasteiger partial charge is 0.480 e. The SMILES string of the molecule is NN=C(C=NCC(=O)O)OCCOc1cn(CC(=O)O)nn1. The Morgan fingerprint density at radius 2 is 2.14 bits per heavy atom. The standard InChI is InChI=1S/C10H14N6O6/c11-13-7(3-12-4-9(17)18)21-1-2-22-8-5-16(15-14-8)6-10(19)20/h3,5H,1-2,4,6,11H2,(H,17,18)(H,19,20). The Morgan fingerprint density at radius 3 is 2.77 bits per heavy atom. The van der Waals surface area contributed by atoms with E-state index in [2.05, 4.69) is 20.4 Å². The van der Waals surface area contributed by atoms with Crippen LogP contribution in [0.1, 0.15) is 0 Å². The number of hydrogen-bond acceptors (Lipinski definition) is 9. The molecule has 1 aromatic heterocycles. The van der Waals surface area contributed by atoms with E-state index in [0.717, 1.165) is 10.9 Å². The lowest BCUT2D eigenvalue weighted by Crippen LogP contribution is -2.15. The second-order valence-corrected chi connectivity index (χ2v) is 3.68. The molecule has 0 amide bonds. The van der Waals surface area contributed by atoms with Crippen LogP contribution in [0.4, 0.5) is 0 Å². The molecular weight excluding hydrogens is 300 g/mol. The molecule has 0 fully saturated rings. The molecule has 1 heterocycles. The predicted octanol–water partition coefficient (Wildman–Crippen LogP) is -1.81. The van der Waals surface area contributed by atoms with Crippen LogP contribution in [0.3, 0.4) is 0 Å². The third-order valence-corrected chi connectivity index (χ3v) is 1.95. The maximum absolute atomic E-state index is 10.5. The van der Waals surface area contributed by atoms with Gasteiger partial charge in [0.15, 0.2) is 0 Å². The molecule has 0 saturated carbocycles. The average Bonchev–Trinajstić information content (AvgIpc) is 2.87. The highest BCUT2D eigenvalue weighted by atomic mass is 16.5. The second kappa shape index (κ2) is 8.89. The first-order chi connectivity index (χ1) is 10.5. The van der Waals surface area contributed by atoms with Crippen LogP contribution in [-0.2, 0) is 20.9 Å². The molecule has 120 valence electrons. The van der Waals surface area contributed by atoms with Gasteiger partial charge < -0.3 is 25.5 Å². The Morgan fingerprint density at radius 1 is 1.36 bits per heavy atom. The zero-order chi connectivity index (χ0) is 16.4. The first-order valence-electron chi connectivity index (χ1n) is 5.88. The van der Waals surface area contributed by atoms with E-state index >= 15 is 0 Å². The maximum Gasteiger partial charge on any atom is 0.325 e. The minimum atomic E-state index is -1.10. The van der Waals surface area contributed by atoms with Gasteiger partial charge in [-0.15, -0.1) is 5.10 Å². The van der Waals surface area contributed by atoms with Gasteiger partial charge in [0, 0.05) is 0 Å². The van der Waals surface area contributed by atoms with Crippen LogP contribution >= 0.6 is 0 Å². The lowest BCUT2D eigenvalue weighted by molar-refractivity contribution is -0.138. The minimum absolute atomic E-state index is 0.0426. The van der Waals surface area contributed by atoms with Gasteiger partial charge in [0.25, 0.3) is 5.88 Å². The van der Waals surface area contributed by atoms with E-state index in [9.17, 15) is 9.59 Å². The molecule has 0 aromatic carbocycles. The molecule has 4 N–H and O–H groups in total. The van der Waals surface area contributed by atoms with Crippen molar-refractivity contribution in [1.82, 2.24) is 15.0 Å². The normalized spacial score (nSPS) is 11.5. The molecule has 0 aliphatic carbocycles. The Hall–Kier alpha value is -3.18. The summed E-state index contributed by atoms with van der Waals surface area (Å²) >= 11 is 0. The minimum Gasteiger partial charge on any atom is -0.480 e. The molecule has 1 aromatic rings. The number of hydrogen-bond donors (Lipinski definition) is 3. The fourth-order valence-corrected chi connectivity index (χ4v) is 1.16. The zero-order valence-corrected chi connectivity index (χ0v) is 11.3. The van der Waals surface area contributed by atoms with Crippen molar-refractivity contribution < 1.29 is 29.3 Å². The van der Waals surface area contributed by atoms with Crippen molar-refractivity contribution in [3.05, 3.63) is 6.20 Å². The van der Waals surface area contributed by atoms with Crippen LogP contribution in [0.25, 0.3) is 0 Å². The van der Waals surface area contributed by atoms with Crippen molar-refractivity contribution in [2.75, 3.05) is 19.8 Å². The predicted molar refractivity (Wildman–Crippen MR) is 71.7 cm³/mol. The van der Waals surface area contributed by atoms with Crippen molar-refractivity contribution in [2.45, 2.75) is 6.54 Å². The molecule has 0 saturated heterocycles. The van der Waals surface area contributed by atoms with E-state index in [0.29, 0.717) is 0 Å². The molecule has 0 aliphatic rings. The van der Waals surface area contributed by atoms with Crippen molar-refractivity contribution >= 4 is 24.1 Å². The molecule has 22 heavy (non-hydrogen) atoms. The van der Waals surface area contributed by atoms with Gasteiger partial charge in [-0.1, -0.05) is 10.3 Å². The van der Waals surface area contributed by atoms with Gasteiger partial charge in [-0.3, -0.25) is 14.6 Å². The number of aromatic nitrogens is 3. The van der Waals surface area contributed by atoms with E-state index in [1.54, 1.807) is 0 Å². The molecule has 0 radical (unpaired) electrons. The molecule has 0 aliphatic heterocycles. The highest BCUT2D eigenvalue weighted by Crippen LogP contribution is 2.02. The number of carboxylic acid groups (broad SMARTS) is 2. The lowest BCUT2D eigenvalue weighted by atomic mass is 10.6. The first kappa shape index (κ1) is 16.9. The van der Waals surface area contributed by atoms with Gasteiger partial charge in [0.05, 0.1) is 12.4 Å². The molecular formula is C10H14N6O6. The topological polar surface area (TPSA) is 175 Å². The smallest absolute Gasteiger partial charge is 0.325 e. The third kappa shape index (κ3) is 6.83. The number of nitrogens with zero attached hydrogens (tertiary/aromatic N) is 5. The summed E-state index contributed by atoms with van der Waals surface area (Å²) in [6.45, 7) is -0.638. The Kier molecular flexibility index (Phi) is 6.81. The van der Waals surface area contributed by atoms with Crippen LogP contribution in [0.15, 0.2) is 16.3 Å². The first-order valence-corrected chi connectivity index (χ1v) is 5.88. The summed E-state index contributed by atoms with van der Waals surface area (Å²) in [6, 6.07) is 0. The van der Waals surface area contributed by atoms with Crippen LogP contribution in [0.5, 0.6) is 5.88 Å². The fourth-order valence-electron chi connectivity index (χ4n) is 1.16. The Labute approximate surface area is 123 Å². The lowest BCUT2D eigenvalue weighted by Gasteiger charge is -2.04. The van der Waals surface area contributed by atoms with Crippen molar-refractivity contribution in [3.8, 4) is 5.88 Å². The van der Waals surface area contributed by atoms with Gasteiger partial charge in [0.2, 0.25) is 5.90 Å². The van der Waals surface area contributed by atoms with Gasteiger partial charge in [0.1, 0.15) is 26.3 Å². The molecule has 0 spiro atoms. The van der Waals surface area contributed by atoms with E-state index < -0.39 is 18.5 Å². The van der Waals surface area contributed by atoms with Gasteiger partial charge in [-0.05, 0) is 0 Å². The Balaban J connectivity index is 2.29. The zero-order valence-electron chi connectivity index (χ0n) is 11.3. The molecule has 0 unspecified atom stereocenters. The second-order valence-electron chi connectivity index (χ2n) is 3.68. The third-order valence-electron chi connectivity index (χ3n) is 1.95. The highest BCUT2D eigenvalue weighted by Gasteiger charge is 2.05. The molecule has 12 nitrogen and oxygen atoms in total. The number of ether oxygens (including phenoxy) is 2. The summed E-state index contributed by atoms with van der Waals surface area (Å²) in [6.07, 6.45) is 2.40. The number of rotatable bonds is 9. The van der Waals surface area contributed by atoms with E-state index in [-0.39, 0.29) is 31.5 Å². The van der Waals surface area contributed by atoms with Crippen LogP contribution < -0.4 is 10.6 Å². The van der Waals surface area contributed by atoms with Crippen LogP contribution in [0.2, 0.25) is 0 Å². The number of nitrogens with two attached hydrogens (primary N) is 1. The summed E-state index contributed by atoms with van der Waals surface area (Å²) in [5.74, 6) is 2.97. The number of carbonyl (C=O) groups is 2. The van der Waals surface area contributed by atoms with Crippen LogP contribution in [0, 0.1) is 0 Å². The van der Waals surface area contributed by atoms with Gasteiger partial charge in [-0.2, -0.15) is 0 Å². The number of carboxylic acids is 2. The van der Waals surface area contributed by atoms with E-state index in [1.165, 1.54) is 6.20 Å². The van der Waals surface area contributed by atoms with Gasteiger partial charge >= 0.3 is 11.9 Å². The fraction of sp³-hybridized carbons (Fsp3) is 0.400. The molecule has 0 atom stereocenters. The quantitative estimate of drug-likeness (QED) is 0.156. The number of hydrazone groups is 1. The molecule has 0 bridgehead atoms. The summed E-state index contributed by atoms with van der Waals surface area (Å²) in [5, 5.41) is 27.4. The Bertz CT molecular complexity index is 568. The summed E-state index contributed by atoms with van der Waals surface area (Å²) in [5.41, 5.74) is 0. The van der Waals surface area contributed by atoms with Crippen molar-refractivity contribution in [1.29, 1.82) is 0 Å². The van der Waals surface area contributed by atoms with E-state index in [4.69, 9.17) is 25.5 Å². The summed E-state index contributed by atoms with van der Waals surface area (Å²) < 4.78 is 11.3. The number of aliphatic imine (C=N–C) groups is 1. The highest BCUT2D eigenvalue weighted by molar-refractivity contribution is 6.26. The maximum atomic E-state index is 10.5.